The van der Waals surface area contributed by atoms with Crippen molar-refractivity contribution in [2.24, 2.45) is 0 Å². The molecule has 2 N–H and O–H groups in total. The minimum absolute atomic E-state index is 0.0644. The zero-order valence-electron chi connectivity index (χ0n) is 9.24. The molecular weight excluding hydrogens is 230 g/mol. The summed E-state index contributed by atoms with van der Waals surface area (Å²) in [4.78, 5) is 23.0. The van der Waals surface area contributed by atoms with Crippen LogP contribution in [0.25, 0.3) is 0 Å². The average Bonchev–Trinajstić information content (AvgIpc) is 2.63. The Kier molecular flexibility index (Phi) is 5.78. The van der Waals surface area contributed by atoms with Crippen LogP contribution in [0.5, 0.6) is 0 Å². The second-order valence-electron chi connectivity index (χ2n) is 3.27. The summed E-state index contributed by atoms with van der Waals surface area (Å²) >= 11 is 0. The highest BCUT2D eigenvalue weighted by atomic mass is 16.5. The molecule has 0 saturated heterocycles. The first kappa shape index (κ1) is 13.8. The van der Waals surface area contributed by atoms with E-state index in [0.29, 0.717) is 4.90 Å². The van der Waals surface area contributed by atoms with Crippen LogP contribution in [-0.2, 0) is 19.1 Å². The molecule has 2 amide bonds. The van der Waals surface area contributed by atoms with Crippen LogP contribution in [0.1, 0.15) is 0 Å². The predicted octanol–water partition coefficient (Wildman–Crippen LogP) is -1.74. The third-order valence-electron chi connectivity index (χ3n) is 2.02. The molecule has 0 spiro atoms. The molecule has 0 bridgehead atoms. The highest BCUT2D eigenvalue weighted by Crippen LogP contribution is 2.07. The van der Waals surface area contributed by atoms with Gasteiger partial charge in [-0.05, 0) is 0 Å². The van der Waals surface area contributed by atoms with E-state index >= 15 is 0 Å². The fourth-order valence-corrected chi connectivity index (χ4v) is 1.25. The van der Waals surface area contributed by atoms with Gasteiger partial charge >= 0.3 is 0 Å². The molecule has 0 saturated carbocycles. The Morgan fingerprint density at radius 2 is 1.71 bits per heavy atom. The number of rotatable bonds is 8. The lowest BCUT2D eigenvalue weighted by atomic mass is 10.5. The zero-order valence-corrected chi connectivity index (χ0v) is 9.24. The molecule has 96 valence electrons. The number of carbonyl (C=O) groups excluding carboxylic acids is 2. The van der Waals surface area contributed by atoms with Crippen molar-refractivity contribution in [3.8, 4) is 0 Å². The van der Waals surface area contributed by atoms with Crippen LogP contribution < -0.4 is 0 Å². The first-order chi connectivity index (χ1) is 8.16. The summed E-state index contributed by atoms with van der Waals surface area (Å²) < 4.78 is 9.94. The summed E-state index contributed by atoms with van der Waals surface area (Å²) in [7, 11) is 0. The number of carbonyl (C=O) groups is 2. The van der Waals surface area contributed by atoms with Crippen molar-refractivity contribution in [1.29, 1.82) is 0 Å². The van der Waals surface area contributed by atoms with E-state index in [4.69, 9.17) is 14.6 Å². The summed E-state index contributed by atoms with van der Waals surface area (Å²) in [6.45, 7) is 0.472. The molecule has 0 radical (unpaired) electrons. The number of amides is 2. The number of aliphatic hydroxyl groups excluding tert-OH is 2. The van der Waals surface area contributed by atoms with E-state index in [9.17, 15) is 14.7 Å². The van der Waals surface area contributed by atoms with Crippen molar-refractivity contribution in [3.63, 3.8) is 0 Å². The Balaban J connectivity index is 2.15. The Bertz CT molecular complexity index is 285. The van der Waals surface area contributed by atoms with Crippen LogP contribution in [0.3, 0.4) is 0 Å². The van der Waals surface area contributed by atoms with Crippen molar-refractivity contribution in [1.82, 2.24) is 4.90 Å². The van der Waals surface area contributed by atoms with Crippen LogP contribution in [0.4, 0.5) is 0 Å². The van der Waals surface area contributed by atoms with Crippen LogP contribution in [0, 0.1) is 0 Å². The lowest BCUT2D eigenvalue weighted by Crippen LogP contribution is -2.42. The van der Waals surface area contributed by atoms with E-state index in [-0.39, 0.29) is 33.0 Å². The quantitative estimate of drug-likeness (QED) is 0.389. The Morgan fingerprint density at radius 1 is 1.12 bits per heavy atom. The summed E-state index contributed by atoms with van der Waals surface area (Å²) in [5.74, 6) is -1.11. The van der Waals surface area contributed by atoms with E-state index in [1.807, 2.05) is 0 Å². The first-order valence-corrected chi connectivity index (χ1v) is 5.16. The van der Waals surface area contributed by atoms with Gasteiger partial charge in [0.25, 0.3) is 11.8 Å². The first-order valence-electron chi connectivity index (χ1n) is 5.16. The molecule has 7 nitrogen and oxygen atoms in total. The summed E-state index contributed by atoms with van der Waals surface area (Å²) in [5.41, 5.74) is 0. The van der Waals surface area contributed by atoms with Gasteiger partial charge in [-0.2, -0.15) is 0 Å². The summed E-state index contributed by atoms with van der Waals surface area (Å²) in [5, 5.41) is 17.9. The number of hydrogen-bond acceptors (Lipinski definition) is 6. The lowest BCUT2D eigenvalue weighted by molar-refractivity contribution is -0.152. The average molecular weight is 245 g/mol. The van der Waals surface area contributed by atoms with Gasteiger partial charge in [-0.25, -0.2) is 4.90 Å². The molecule has 0 aliphatic carbocycles. The topological polar surface area (TPSA) is 96.3 Å². The summed E-state index contributed by atoms with van der Waals surface area (Å²) in [6, 6.07) is 0. The third-order valence-corrected chi connectivity index (χ3v) is 2.02. The maximum Gasteiger partial charge on any atom is 0.255 e. The van der Waals surface area contributed by atoms with Gasteiger partial charge in [0.15, 0.2) is 6.23 Å². The molecule has 1 aliphatic heterocycles. The maximum absolute atomic E-state index is 11.2. The SMILES string of the molecule is O=C1C=CC(=O)N1[C@@H](O)COCCOCCO. The fourth-order valence-electron chi connectivity index (χ4n) is 1.25. The van der Waals surface area contributed by atoms with Gasteiger partial charge in [-0.3, -0.25) is 9.59 Å². The highest BCUT2D eigenvalue weighted by Gasteiger charge is 2.29. The van der Waals surface area contributed by atoms with Crippen molar-refractivity contribution < 1.29 is 29.3 Å². The van der Waals surface area contributed by atoms with E-state index in [0.717, 1.165) is 12.2 Å². The second-order valence-corrected chi connectivity index (χ2v) is 3.27. The molecule has 0 aromatic rings. The predicted molar refractivity (Wildman–Crippen MR) is 55.7 cm³/mol. The molecule has 0 aromatic heterocycles. The number of ether oxygens (including phenoxy) is 2. The van der Waals surface area contributed by atoms with Crippen molar-refractivity contribution in [2.75, 3.05) is 33.0 Å². The van der Waals surface area contributed by atoms with Crippen molar-refractivity contribution in [2.45, 2.75) is 6.23 Å². The smallest absolute Gasteiger partial charge is 0.255 e. The molecule has 1 heterocycles. The molecule has 7 heteroatoms. The second kappa shape index (κ2) is 7.13. The molecule has 1 atom stereocenters. The Hall–Kier alpha value is -1.28. The standard InChI is InChI=1S/C10H15NO6/c12-3-4-16-5-6-17-7-10(15)11-8(13)1-2-9(11)14/h1-2,10,12,15H,3-7H2/t10-/m0/s1. The van der Waals surface area contributed by atoms with Crippen LogP contribution in [0.15, 0.2) is 12.2 Å². The minimum atomic E-state index is -1.29. The number of imide groups is 1. The number of hydrogen-bond donors (Lipinski definition) is 2. The van der Waals surface area contributed by atoms with Crippen molar-refractivity contribution >= 4 is 11.8 Å². The van der Waals surface area contributed by atoms with Crippen molar-refractivity contribution in [3.05, 3.63) is 12.2 Å². The number of nitrogens with zero attached hydrogens (tertiary/aromatic N) is 1. The van der Waals surface area contributed by atoms with Gasteiger partial charge in [0.1, 0.15) is 0 Å². The van der Waals surface area contributed by atoms with Gasteiger partial charge in [-0.15, -0.1) is 0 Å². The molecular formula is C10H15NO6. The van der Waals surface area contributed by atoms with Gasteiger partial charge < -0.3 is 19.7 Å². The van der Waals surface area contributed by atoms with Crippen LogP contribution in [-0.4, -0.2) is 66.2 Å². The molecule has 0 aromatic carbocycles. The molecule has 0 fully saturated rings. The Morgan fingerprint density at radius 3 is 2.29 bits per heavy atom. The molecule has 17 heavy (non-hydrogen) atoms. The lowest BCUT2D eigenvalue weighted by Gasteiger charge is -2.20. The molecule has 1 aliphatic rings. The van der Waals surface area contributed by atoms with E-state index in [2.05, 4.69) is 0 Å². The maximum atomic E-state index is 11.2. The van der Waals surface area contributed by atoms with Crippen LogP contribution >= 0.6 is 0 Å². The van der Waals surface area contributed by atoms with Crippen LogP contribution in [0.2, 0.25) is 0 Å². The molecule has 1 rings (SSSR count). The van der Waals surface area contributed by atoms with Gasteiger partial charge in [-0.1, -0.05) is 0 Å². The highest BCUT2D eigenvalue weighted by molar-refractivity contribution is 6.13. The zero-order chi connectivity index (χ0) is 12.7. The van der Waals surface area contributed by atoms with E-state index < -0.39 is 18.0 Å². The number of aliphatic hydroxyl groups is 2. The van der Waals surface area contributed by atoms with E-state index in [1.54, 1.807) is 0 Å². The fraction of sp³-hybridized carbons (Fsp3) is 0.600. The van der Waals surface area contributed by atoms with Gasteiger partial charge in [0, 0.05) is 12.2 Å². The van der Waals surface area contributed by atoms with Gasteiger partial charge in [0.05, 0.1) is 33.0 Å². The largest absolute Gasteiger partial charge is 0.394 e. The summed E-state index contributed by atoms with van der Waals surface area (Å²) in [6.07, 6.45) is 0.897. The third kappa shape index (κ3) is 4.23. The minimum Gasteiger partial charge on any atom is -0.394 e. The molecule has 0 unspecified atom stereocenters. The monoisotopic (exact) mass is 245 g/mol. The van der Waals surface area contributed by atoms with E-state index in [1.165, 1.54) is 0 Å². The normalized spacial score (nSPS) is 16.9. The van der Waals surface area contributed by atoms with Gasteiger partial charge in [0.2, 0.25) is 0 Å². The Labute approximate surface area is 98.2 Å².